The lowest BCUT2D eigenvalue weighted by Crippen LogP contribution is -1.81. The summed E-state index contributed by atoms with van der Waals surface area (Å²) in [7, 11) is 0. The van der Waals surface area contributed by atoms with Crippen LogP contribution in [-0.2, 0) is 0 Å². The Balaban J connectivity index is -0.0000000431. The van der Waals surface area contributed by atoms with Crippen molar-refractivity contribution < 1.29 is 30.0 Å². The fourth-order valence-electron chi connectivity index (χ4n) is 0. The number of carboxylic acid groups (broad SMARTS) is 4. The van der Waals surface area contributed by atoms with E-state index in [0.717, 1.165) is 0 Å². The number of rotatable bonds is 0. The third-order valence-electron chi connectivity index (χ3n) is 0. The third-order valence-corrected chi connectivity index (χ3v) is 0. The number of hydrogen-bond donors (Lipinski definition) is 4. The maximum atomic E-state index is 8.56. The lowest BCUT2D eigenvalue weighted by atomic mass is 11.3. The molecule has 0 aliphatic heterocycles. The fourth-order valence-corrected chi connectivity index (χ4v) is 0. The summed E-state index contributed by atoms with van der Waals surface area (Å²) in [4.78, 5) is 17.1. The molecule has 0 heterocycles. The van der Waals surface area contributed by atoms with Crippen molar-refractivity contribution in [3.8, 4) is 0 Å². The predicted octanol–water partition coefficient (Wildman–Crippen LogP) is 2.62. The molecule has 0 aromatic carbocycles. The first kappa shape index (κ1) is 22.5. The monoisotopic (exact) mass is 214 g/mol. The van der Waals surface area contributed by atoms with Gasteiger partial charge in [0, 0.05) is 0 Å². The average molecular weight is 215 g/mol. The highest BCUT2D eigenvalue weighted by molar-refractivity contribution is 6.25. The van der Waals surface area contributed by atoms with Gasteiger partial charge in [0.1, 0.15) is 0 Å². The first-order chi connectivity index (χ1) is 5.88. The van der Waals surface area contributed by atoms with E-state index in [0.29, 0.717) is 0 Å². The molecule has 7 heteroatoms. The fraction of sp³-hybridized carbons (Fsp3) is 0. The molecule has 0 unspecified atom stereocenters. The predicted molar refractivity (Wildman–Crippen MR) is 48.6 cm³/mol. The van der Waals surface area contributed by atoms with Crippen LogP contribution in [0.3, 0.4) is 0 Å². The van der Waals surface area contributed by atoms with Crippen LogP contribution in [0.4, 0.5) is 9.59 Å². The SMILES string of the molecule is C=C.C=CCl.O=C(O)O.O=C(O)O. The molecular formula is C6H11ClO6. The highest BCUT2D eigenvalue weighted by Gasteiger charge is 1.70. The van der Waals surface area contributed by atoms with Gasteiger partial charge in [0.05, 0.1) is 0 Å². The molecule has 0 bridgehead atoms. The van der Waals surface area contributed by atoms with Crippen molar-refractivity contribution >= 4 is 23.9 Å². The quantitative estimate of drug-likeness (QED) is 0.461. The van der Waals surface area contributed by atoms with E-state index < -0.39 is 12.3 Å². The van der Waals surface area contributed by atoms with E-state index in [1.54, 1.807) is 0 Å². The third kappa shape index (κ3) is 249. The van der Waals surface area contributed by atoms with Crippen molar-refractivity contribution in [2.24, 2.45) is 0 Å². The Hall–Kier alpha value is -1.69. The molecule has 0 fully saturated rings. The first-order valence-corrected chi connectivity index (χ1v) is 2.87. The van der Waals surface area contributed by atoms with Gasteiger partial charge in [-0.15, -0.1) is 13.2 Å². The number of carbonyl (C=O) groups is 2. The topological polar surface area (TPSA) is 115 Å². The Labute approximate surface area is 80.0 Å². The van der Waals surface area contributed by atoms with E-state index in [1.807, 2.05) is 0 Å². The van der Waals surface area contributed by atoms with Gasteiger partial charge in [-0.25, -0.2) is 9.59 Å². The molecule has 0 spiro atoms. The van der Waals surface area contributed by atoms with Crippen LogP contribution in [0, 0.1) is 0 Å². The lowest BCUT2D eigenvalue weighted by Gasteiger charge is -1.60. The zero-order valence-electron chi connectivity index (χ0n) is 6.68. The van der Waals surface area contributed by atoms with E-state index in [-0.39, 0.29) is 0 Å². The molecular weight excluding hydrogens is 204 g/mol. The first-order valence-electron chi connectivity index (χ1n) is 2.43. The number of hydrogen-bond acceptors (Lipinski definition) is 2. The summed E-state index contributed by atoms with van der Waals surface area (Å²) in [5, 5.41) is 27.9. The van der Waals surface area contributed by atoms with Crippen molar-refractivity contribution in [3.63, 3.8) is 0 Å². The summed E-state index contributed by atoms with van der Waals surface area (Å²) >= 11 is 4.76. The molecule has 0 saturated heterocycles. The average Bonchev–Trinajstić information content (AvgIpc) is 1.89. The van der Waals surface area contributed by atoms with Crippen LogP contribution >= 0.6 is 11.6 Å². The molecule has 13 heavy (non-hydrogen) atoms. The van der Waals surface area contributed by atoms with Crippen molar-refractivity contribution in [2.75, 3.05) is 0 Å². The van der Waals surface area contributed by atoms with Gasteiger partial charge in [0.25, 0.3) is 0 Å². The van der Waals surface area contributed by atoms with Crippen LogP contribution in [0.15, 0.2) is 25.3 Å². The minimum atomic E-state index is -1.83. The standard InChI is InChI=1S/C2H3Cl.C2H4.2CH2O3/c1-2-3;1-2;2*2-1(3)4/h2H,1H2;1-2H2;2*(H2,2,3,4). The van der Waals surface area contributed by atoms with Crippen molar-refractivity contribution in [1.29, 1.82) is 0 Å². The molecule has 0 saturated carbocycles. The normalized spacial score (nSPS) is 5.00. The second-order valence-electron chi connectivity index (χ2n) is 0.719. The summed E-state index contributed by atoms with van der Waals surface area (Å²) in [5.74, 6) is 0. The Morgan fingerprint density at radius 3 is 1.00 bits per heavy atom. The lowest BCUT2D eigenvalue weighted by molar-refractivity contribution is 0.135. The second-order valence-corrected chi connectivity index (χ2v) is 1.03. The Bertz CT molecular complexity index is 115. The molecule has 0 rings (SSSR count). The Kier molecular flexibility index (Phi) is 54.8. The van der Waals surface area contributed by atoms with Crippen LogP contribution in [0.1, 0.15) is 0 Å². The zero-order chi connectivity index (χ0) is 11.9. The molecule has 0 amide bonds. The van der Waals surface area contributed by atoms with Gasteiger partial charge in [0.2, 0.25) is 0 Å². The highest BCUT2D eigenvalue weighted by atomic mass is 35.5. The van der Waals surface area contributed by atoms with Crippen molar-refractivity contribution in [1.82, 2.24) is 0 Å². The summed E-state index contributed by atoms with van der Waals surface area (Å²) < 4.78 is 0. The summed E-state index contributed by atoms with van der Waals surface area (Å²) in [6.07, 6.45) is -3.67. The smallest absolute Gasteiger partial charge is 0.450 e. The Morgan fingerprint density at radius 2 is 1.00 bits per heavy atom. The highest BCUT2D eigenvalue weighted by Crippen LogP contribution is 1.60. The van der Waals surface area contributed by atoms with Crippen molar-refractivity contribution in [3.05, 3.63) is 25.3 Å². The van der Waals surface area contributed by atoms with E-state index in [4.69, 9.17) is 41.6 Å². The minimum Gasteiger partial charge on any atom is -0.450 e. The molecule has 6 nitrogen and oxygen atoms in total. The molecule has 4 N–H and O–H groups in total. The van der Waals surface area contributed by atoms with E-state index in [1.165, 1.54) is 5.54 Å². The second kappa shape index (κ2) is 31.7. The largest absolute Gasteiger partial charge is 0.503 e. The maximum absolute atomic E-state index is 8.56. The van der Waals surface area contributed by atoms with Crippen LogP contribution < -0.4 is 0 Å². The molecule has 78 valence electrons. The maximum Gasteiger partial charge on any atom is 0.503 e. The molecule has 0 aliphatic carbocycles. The van der Waals surface area contributed by atoms with Crippen LogP contribution in [0.2, 0.25) is 0 Å². The van der Waals surface area contributed by atoms with Crippen LogP contribution in [0.25, 0.3) is 0 Å². The molecule has 0 aromatic rings. The van der Waals surface area contributed by atoms with Gasteiger partial charge in [0.15, 0.2) is 0 Å². The van der Waals surface area contributed by atoms with Crippen molar-refractivity contribution in [2.45, 2.75) is 0 Å². The van der Waals surface area contributed by atoms with Gasteiger partial charge in [-0.1, -0.05) is 18.2 Å². The molecule has 0 radical (unpaired) electrons. The van der Waals surface area contributed by atoms with Gasteiger partial charge in [-0.2, -0.15) is 0 Å². The summed E-state index contributed by atoms with van der Waals surface area (Å²) in [5.41, 5.74) is 1.22. The number of halogens is 1. The molecule has 0 aromatic heterocycles. The van der Waals surface area contributed by atoms with Gasteiger partial charge in [-0.3, -0.25) is 0 Å². The van der Waals surface area contributed by atoms with E-state index in [2.05, 4.69) is 19.7 Å². The molecule has 0 aliphatic rings. The summed E-state index contributed by atoms with van der Waals surface area (Å²) in [6.45, 7) is 9.13. The molecule has 0 atom stereocenters. The van der Waals surface area contributed by atoms with E-state index >= 15 is 0 Å². The van der Waals surface area contributed by atoms with Gasteiger partial charge >= 0.3 is 12.3 Å². The Morgan fingerprint density at radius 1 is 1.00 bits per heavy atom. The zero-order valence-corrected chi connectivity index (χ0v) is 7.44. The van der Waals surface area contributed by atoms with Gasteiger partial charge in [-0.05, 0) is 5.54 Å². The van der Waals surface area contributed by atoms with Crippen LogP contribution in [-0.4, -0.2) is 32.7 Å². The van der Waals surface area contributed by atoms with E-state index in [9.17, 15) is 0 Å². The van der Waals surface area contributed by atoms with Crippen LogP contribution in [0.5, 0.6) is 0 Å². The summed E-state index contributed by atoms with van der Waals surface area (Å²) in [6, 6.07) is 0. The van der Waals surface area contributed by atoms with Gasteiger partial charge < -0.3 is 20.4 Å². The minimum absolute atomic E-state index is 1.22.